The van der Waals surface area contributed by atoms with Gasteiger partial charge in [-0.2, -0.15) is 9.57 Å². The smallest absolute Gasteiger partial charge is 0.243 e. The summed E-state index contributed by atoms with van der Waals surface area (Å²) in [5.41, 5.74) is -0.315. The predicted molar refractivity (Wildman–Crippen MR) is 76.5 cm³/mol. The van der Waals surface area contributed by atoms with E-state index in [2.05, 4.69) is 0 Å². The molecule has 0 aliphatic heterocycles. The van der Waals surface area contributed by atoms with Crippen LogP contribution in [0.2, 0.25) is 0 Å². The van der Waals surface area contributed by atoms with E-state index in [1.165, 1.54) is 4.31 Å². The Bertz CT molecular complexity index is 622. The minimum atomic E-state index is -3.88. The van der Waals surface area contributed by atoms with Crippen LogP contribution >= 0.6 is 0 Å². The van der Waals surface area contributed by atoms with E-state index in [-0.39, 0.29) is 29.7 Å². The highest BCUT2D eigenvalue weighted by atomic mass is 32.2. The molecule has 0 unspecified atom stereocenters. The summed E-state index contributed by atoms with van der Waals surface area (Å²) in [6, 6.07) is 4.51. The Morgan fingerprint density at radius 2 is 2.00 bits per heavy atom. The van der Waals surface area contributed by atoms with Crippen molar-refractivity contribution in [2.24, 2.45) is 0 Å². The summed E-state index contributed by atoms with van der Waals surface area (Å²) in [5, 5.41) is 17.9. The Balaban J connectivity index is 3.32. The van der Waals surface area contributed by atoms with Crippen LogP contribution in [0.15, 0.2) is 23.1 Å². The summed E-state index contributed by atoms with van der Waals surface area (Å²) < 4.78 is 39.8. The molecular formula is C14H19FN2O3S. The van der Waals surface area contributed by atoms with Gasteiger partial charge in [0.2, 0.25) is 10.0 Å². The first-order valence-corrected chi connectivity index (χ1v) is 8.18. The molecule has 116 valence electrons. The van der Waals surface area contributed by atoms with Crippen molar-refractivity contribution in [1.82, 2.24) is 4.31 Å². The molecule has 7 heteroatoms. The largest absolute Gasteiger partial charge is 0.395 e. The fourth-order valence-electron chi connectivity index (χ4n) is 2.18. The van der Waals surface area contributed by atoms with E-state index in [0.717, 1.165) is 18.2 Å². The third-order valence-electron chi connectivity index (χ3n) is 3.34. The van der Waals surface area contributed by atoms with Crippen LogP contribution in [-0.2, 0) is 10.0 Å². The van der Waals surface area contributed by atoms with Crippen LogP contribution < -0.4 is 0 Å². The van der Waals surface area contributed by atoms with Gasteiger partial charge < -0.3 is 5.11 Å². The summed E-state index contributed by atoms with van der Waals surface area (Å²) in [7, 11) is -3.88. The molecule has 1 aromatic carbocycles. The fraction of sp³-hybridized carbons (Fsp3) is 0.500. The van der Waals surface area contributed by atoms with E-state index < -0.39 is 15.8 Å². The zero-order valence-electron chi connectivity index (χ0n) is 12.1. The SMILES string of the molecule is CCC(CC)N(CCO)S(=O)(=O)c1ccc(F)c(C#N)c1. The number of aliphatic hydroxyl groups excluding tert-OH is 1. The van der Waals surface area contributed by atoms with Crippen LogP contribution in [0.3, 0.4) is 0 Å². The molecule has 0 aliphatic rings. The quantitative estimate of drug-likeness (QED) is 0.833. The molecule has 0 saturated carbocycles. The van der Waals surface area contributed by atoms with E-state index in [9.17, 15) is 12.8 Å². The van der Waals surface area contributed by atoms with Crippen LogP contribution in [0.25, 0.3) is 0 Å². The van der Waals surface area contributed by atoms with Crippen molar-refractivity contribution in [3.63, 3.8) is 0 Å². The lowest BCUT2D eigenvalue weighted by atomic mass is 10.2. The lowest BCUT2D eigenvalue weighted by molar-refractivity contribution is 0.219. The van der Waals surface area contributed by atoms with Crippen molar-refractivity contribution in [2.45, 2.75) is 37.6 Å². The van der Waals surface area contributed by atoms with Crippen LogP contribution in [0, 0.1) is 17.1 Å². The molecule has 0 bridgehead atoms. The van der Waals surface area contributed by atoms with Crippen molar-refractivity contribution in [1.29, 1.82) is 5.26 Å². The van der Waals surface area contributed by atoms with Crippen LogP contribution in [-0.4, -0.2) is 37.0 Å². The number of nitriles is 1. The molecule has 0 aromatic heterocycles. The Labute approximate surface area is 124 Å². The summed E-state index contributed by atoms with van der Waals surface area (Å²) in [5.74, 6) is -0.757. The van der Waals surface area contributed by atoms with Crippen LogP contribution in [0.5, 0.6) is 0 Å². The van der Waals surface area contributed by atoms with Crippen molar-refractivity contribution in [2.75, 3.05) is 13.2 Å². The second-order valence-electron chi connectivity index (χ2n) is 4.56. The lowest BCUT2D eigenvalue weighted by Gasteiger charge is -2.29. The van der Waals surface area contributed by atoms with E-state index in [4.69, 9.17) is 10.4 Å². The number of hydrogen-bond donors (Lipinski definition) is 1. The van der Waals surface area contributed by atoms with Gasteiger partial charge in [0.1, 0.15) is 11.9 Å². The Hall–Kier alpha value is -1.49. The van der Waals surface area contributed by atoms with Gasteiger partial charge in [0.15, 0.2) is 0 Å². The Morgan fingerprint density at radius 1 is 1.38 bits per heavy atom. The summed E-state index contributed by atoms with van der Waals surface area (Å²) in [6.07, 6.45) is 1.20. The molecule has 0 saturated heterocycles. The molecular weight excluding hydrogens is 295 g/mol. The molecule has 0 fully saturated rings. The van der Waals surface area contributed by atoms with Gasteiger partial charge in [-0.1, -0.05) is 13.8 Å². The molecule has 1 N–H and O–H groups in total. The summed E-state index contributed by atoms with van der Waals surface area (Å²) in [4.78, 5) is -0.138. The van der Waals surface area contributed by atoms with Crippen molar-refractivity contribution in [3.05, 3.63) is 29.6 Å². The van der Waals surface area contributed by atoms with Gasteiger partial charge in [-0.15, -0.1) is 0 Å². The second-order valence-corrected chi connectivity index (χ2v) is 6.45. The van der Waals surface area contributed by atoms with Crippen molar-refractivity contribution >= 4 is 10.0 Å². The monoisotopic (exact) mass is 314 g/mol. The first-order chi connectivity index (χ1) is 9.92. The molecule has 0 atom stereocenters. The predicted octanol–water partition coefficient (Wildman–Crippen LogP) is 1.87. The second kappa shape index (κ2) is 7.50. The average Bonchev–Trinajstić information content (AvgIpc) is 2.47. The number of nitrogens with zero attached hydrogens (tertiary/aromatic N) is 2. The number of sulfonamides is 1. The standard InChI is InChI=1S/C14H19FN2O3S/c1-3-12(4-2)17(7-8-18)21(19,20)13-5-6-14(15)11(9-13)10-16/h5-6,9,12,18H,3-4,7-8H2,1-2H3. The zero-order valence-corrected chi connectivity index (χ0v) is 12.9. The highest BCUT2D eigenvalue weighted by Gasteiger charge is 2.29. The maximum Gasteiger partial charge on any atom is 0.243 e. The fourth-order valence-corrected chi connectivity index (χ4v) is 3.97. The highest BCUT2D eigenvalue weighted by Crippen LogP contribution is 2.22. The summed E-state index contributed by atoms with van der Waals surface area (Å²) in [6.45, 7) is 3.38. The molecule has 5 nitrogen and oxygen atoms in total. The first-order valence-electron chi connectivity index (χ1n) is 6.74. The Morgan fingerprint density at radius 3 is 2.48 bits per heavy atom. The van der Waals surface area contributed by atoms with E-state index in [1.807, 2.05) is 13.8 Å². The number of halogens is 1. The van der Waals surface area contributed by atoms with Crippen LogP contribution in [0.1, 0.15) is 32.3 Å². The number of rotatable bonds is 7. The van der Waals surface area contributed by atoms with Gasteiger partial charge in [-0.3, -0.25) is 0 Å². The van der Waals surface area contributed by atoms with Crippen LogP contribution in [0.4, 0.5) is 4.39 Å². The van der Waals surface area contributed by atoms with Crippen molar-refractivity contribution in [3.8, 4) is 6.07 Å². The van der Waals surface area contributed by atoms with E-state index in [0.29, 0.717) is 12.8 Å². The third-order valence-corrected chi connectivity index (χ3v) is 5.28. The minimum absolute atomic E-state index is 0.0338. The molecule has 1 aromatic rings. The topological polar surface area (TPSA) is 81.4 Å². The number of hydrogen-bond acceptors (Lipinski definition) is 4. The molecule has 0 radical (unpaired) electrons. The molecule has 0 amide bonds. The molecule has 21 heavy (non-hydrogen) atoms. The molecule has 0 aliphatic carbocycles. The van der Waals surface area contributed by atoms with Gasteiger partial charge in [0.05, 0.1) is 17.1 Å². The van der Waals surface area contributed by atoms with E-state index in [1.54, 1.807) is 6.07 Å². The summed E-state index contributed by atoms with van der Waals surface area (Å²) >= 11 is 0. The molecule has 0 heterocycles. The van der Waals surface area contributed by atoms with Gasteiger partial charge in [-0.05, 0) is 31.0 Å². The van der Waals surface area contributed by atoms with Gasteiger partial charge >= 0.3 is 0 Å². The normalized spacial score (nSPS) is 11.9. The maximum absolute atomic E-state index is 13.3. The lowest BCUT2D eigenvalue weighted by Crippen LogP contribution is -2.41. The highest BCUT2D eigenvalue weighted by molar-refractivity contribution is 7.89. The number of aliphatic hydroxyl groups is 1. The molecule has 0 spiro atoms. The first kappa shape index (κ1) is 17.6. The van der Waals surface area contributed by atoms with E-state index >= 15 is 0 Å². The zero-order chi connectivity index (χ0) is 16.0. The third kappa shape index (κ3) is 3.79. The Kier molecular flexibility index (Phi) is 6.27. The average molecular weight is 314 g/mol. The van der Waals surface area contributed by atoms with Crippen molar-refractivity contribution < 1.29 is 17.9 Å². The number of benzene rings is 1. The van der Waals surface area contributed by atoms with Gasteiger partial charge in [-0.25, -0.2) is 12.8 Å². The van der Waals surface area contributed by atoms with Gasteiger partial charge in [0.25, 0.3) is 0 Å². The molecule has 1 rings (SSSR count). The maximum atomic E-state index is 13.3. The van der Waals surface area contributed by atoms with Gasteiger partial charge in [0, 0.05) is 12.6 Å². The minimum Gasteiger partial charge on any atom is -0.395 e.